The summed E-state index contributed by atoms with van der Waals surface area (Å²) in [6, 6.07) is 18.3. The smallest absolute Gasteiger partial charge is 0.330 e. The number of carbonyl (C=O) groups excluding carboxylic acids is 2. The fourth-order valence-electron chi connectivity index (χ4n) is 3.80. The third-order valence-electron chi connectivity index (χ3n) is 5.90. The van der Waals surface area contributed by atoms with Crippen LogP contribution in [0.2, 0.25) is 0 Å². The molecular weight excluding hydrogens is 458 g/mol. The lowest BCUT2D eigenvalue weighted by Gasteiger charge is -2.32. The molecule has 0 bridgehead atoms. The van der Waals surface area contributed by atoms with Crippen molar-refractivity contribution < 1.29 is 23.9 Å². The predicted octanol–water partition coefficient (Wildman–Crippen LogP) is 5.45. The van der Waals surface area contributed by atoms with Gasteiger partial charge >= 0.3 is 5.97 Å². The van der Waals surface area contributed by atoms with Gasteiger partial charge in [-0.15, -0.1) is 5.06 Å². The van der Waals surface area contributed by atoms with E-state index in [1.165, 1.54) is 0 Å². The first-order valence-corrected chi connectivity index (χ1v) is 12.0. The molecule has 1 aromatic heterocycles. The highest BCUT2D eigenvalue weighted by Crippen LogP contribution is 2.32. The number of amides is 1. The Balaban J connectivity index is 1.40. The molecule has 1 amide bonds. The molecule has 4 rings (SSSR count). The van der Waals surface area contributed by atoms with Crippen LogP contribution in [0.1, 0.15) is 55.5 Å². The van der Waals surface area contributed by atoms with E-state index in [0.29, 0.717) is 24.6 Å². The van der Waals surface area contributed by atoms with Gasteiger partial charge in [-0.1, -0.05) is 18.2 Å². The first-order valence-electron chi connectivity index (χ1n) is 12.0. The van der Waals surface area contributed by atoms with Crippen LogP contribution in [-0.4, -0.2) is 35.0 Å². The molecule has 2 aromatic carbocycles. The summed E-state index contributed by atoms with van der Waals surface area (Å²) >= 11 is 0. The number of primary amides is 1. The fourth-order valence-corrected chi connectivity index (χ4v) is 3.80. The molecule has 1 fully saturated rings. The van der Waals surface area contributed by atoms with E-state index in [1.807, 2.05) is 51.1 Å². The fraction of sp³-hybridized carbons (Fsp3) is 0.321. The van der Waals surface area contributed by atoms with Crippen molar-refractivity contribution >= 4 is 11.9 Å². The van der Waals surface area contributed by atoms with Crippen LogP contribution in [0.4, 0.5) is 0 Å². The molecule has 8 heteroatoms. The summed E-state index contributed by atoms with van der Waals surface area (Å²) in [4.78, 5) is 34.2. The minimum Gasteiger partial charge on any atom is -0.457 e. The van der Waals surface area contributed by atoms with E-state index < -0.39 is 11.3 Å². The van der Waals surface area contributed by atoms with E-state index >= 15 is 0 Å². The molecule has 0 spiro atoms. The number of hydrogen-bond donors (Lipinski definition) is 1. The van der Waals surface area contributed by atoms with Crippen molar-refractivity contribution in [3.63, 3.8) is 0 Å². The zero-order valence-corrected chi connectivity index (χ0v) is 20.8. The quantitative estimate of drug-likeness (QED) is 0.471. The molecule has 1 aliphatic heterocycles. The molecule has 0 aliphatic carbocycles. The molecule has 36 heavy (non-hydrogen) atoms. The maximum atomic E-state index is 12.2. The van der Waals surface area contributed by atoms with Crippen molar-refractivity contribution in [2.45, 2.75) is 39.5 Å². The summed E-state index contributed by atoms with van der Waals surface area (Å²) in [5.41, 5.74) is 6.22. The molecule has 0 atom stereocenters. The van der Waals surface area contributed by atoms with Gasteiger partial charge in [-0.05, 0) is 87.6 Å². The summed E-state index contributed by atoms with van der Waals surface area (Å²) < 4.78 is 11.7. The molecule has 1 saturated heterocycles. The van der Waals surface area contributed by atoms with Crippen LogP contribution >= 0.6 is 0 Å². The molecule has 0 radical (unpaired) electrons. The maximum absolute atomic E-state index is 12.2. The van der Waals surface area contributed by atoms with Gasteiger partial charge in [0.25, 0.3) is 5.91 Å². The van der Waals surface area contributed by atoms with Crippen molar-refractivity contribution in [2.24, 2.45) is 11.1 Å². The monoisotopic (exact) mass is 489 g/mol. The maximum Gasteiger partial charge on any atom is 0.330 e. The van der Waals surface area contributed by atoms with Gasteiger partial charge in [0.15, 0.2) is 0 Å². The Morgan fingerprint density at radius 2 is 1.50 bits per heavy atom. The third kappa shape index (κ3) is 6.40. The first kappa shape index (κ1) is 25.2. The van der Waals surface area contributed by atoms with Gasteiger partial charge in [0, 0.05) is 19.3 Å². The van der Waals surface area contributed by atoms with E-state index in [-0.39, 0.29) is 23.3 Å². The van der Waals surface area contributed by atoms with Crippen molar-refractivity contribution in [1.29, 1.82) is 0 Å². The number of aromatic nitrogens is 1. The Morgan fingerprint density at radius 3 is 2.08 bits per heavy atom. The number of benzene rings is 2. The van der Waals surface area contributed by atoms with E-state index in [9.17, 15) is 9.59 Å². The highest BCUT2D eigenvalue weighted by molar-refractivity contribution is 5.95. The van der Waals surface area contributed by atoms with E-state index in [1.54, 1.807) is 41.6 Å². The SMILES string of the molecule is CC(C)(C)C(=O)ON1CCC(c2cnc(Oc3ccc(Oc4ccccc4)cc3)c(C(N)=O)c2)CC1. The Hall–Kier alpha value is -3.91. The van der Waals surface area contributed by atoms with Gasteiger partial charge in [0.2, 0.25) is 5.88 Å². The van der Waals surface area contributed by atoms with Crippen LogP contribution in [0.25, 0.3) is 0 Å². The van der Waals surface area contributed by atoms with Crippen molar-refractivity contribution in [2.75, 3.05) is 13.1 Å². The number of ether oxygens (including phenoxy) is 2. The standard InChI is InChI=1S/C28H31N3O5/c1-28(2,3)27(33)36-31-15-13-19(14-16-31)20-17-24(25(29)32)26(30-18-20)35-23-11-9-22(10-12-23)34-21-7-5-4-6-8-21/h4-12,17-19H,13-16H2,1-3H3,(H2,29,32). The van der Waals surface area contributed by atoms with Crippen molar-refractivity contribution in [1.82, 2.24) is 10.0 Å². The Labute approximate surface area is 210 Å². The summed E-state index contributed by atoms with van der Waals surface area (Å²) in [7, 11) is 0. The number of pyridine rings is 1. The van der Waals surface area contributed by atoms with Gasteiger partial charge < -0.3 is 20.0 Å². The third-order valence-corrected chi connectivity index (χ3v) is 5.90. The summed E-state index contributed by atoms with van der Waals surface area (Å²) in [6.07, 6.45) is 3.25. The normalized spacial score (nSPS) is 14.8. The zero-order chi connectivity index (χ0) is 25.7. The number of carbonyl (C=O) groups is 2. The Morgan fingerprint density at radius 1 is 0.917 bits per heavy atom. The lowest BCUT2D eigenvalue weighted by atomic mass is 9.90. The number of rotatable bonds is 7. The minimum atomic E-state index is -0.611. The van der Waals surface area contributed by atoms with Crippen LogP contribution < -0.4 is 15.2 Å². The summed E-state index contributed by atoms with van der Waals surface area (Å²) in [6.45, 7) is 6.70. The second-order valence-electron chi connectivity index (χ2n) is 9.81. The van der Waals surface area contributed by atoms with Crippen LogP contribution in [0.3, 0.4) is 0 Å². The number of hydrogen-bond acceptors (Lipinski definition) is 7. The molecule has 188 valence electrons. The number of nitrogens with zero attached hydrogens (tertiary/aromatic N) is 2. The molecule has 0 saturated carbocycles. The molecule has 2 heterocycles. The van der Waals surface area contributed by atoms with Crippen LogP contribution in [-0.2, 0) is 9.63 Å². The molecule has 1 aliphatic rings. The summed E-state index contributed by atoms with van der Waals surface area (Å²) in [5.74, 6) is 1.36. The highest BCUT2D eigenvalue weighted by atomic mass is 16.7. The van der Waals surface area contributed by atoms with E-state index in [2.05, 4.69) is 4.98 Å². The average Bonchev–Trinajstić information content (AvgIpc) is 2.86. The predicted molar refractivity (Wildman–Crippen MR) is 135 cm³/mol. The molecule has 8 nitrogen and oxygen atoms in total. The molecule has 3 aromatic rings. The summed E-state index contributed by atoms with van der Waals surface area (Å²) in [5, 5.41) is 1.70. The highest BCUT2D eigenvalue weighted by Gasteiger charge is 2.29. The van der Waals surface area contributed by atoms with Crippen molar-refractivity contribution in [3.8, 4) is 23.1 Å². The molecular formula is C28H31N3O5. The lowest BCUT2D eigenvalue weighted by molar-refractivity contribution is -0.204. The number of nitrogens with two attached hydrogens (primary N) is 1. The van der Waals surface area contributed by atoms with Crippen LogP contribution in [0.15, 0.2) is 66.9 Å². The van der Waals surface area contributed by atoms with Gasteiger partial charge in [0.1, 0.15) is 22.8 Å². The first-order chi connectivity index (χ1) is 17.2. The minimum absolute atomic E-state index is 0.152. The van der Waals surface area contributed by atoms with E-state index in [4.69, 9.17) is 20.0 Å². The van der Waals surface area contributed by atoms with Gasteiger partial charge in [-0.3, -0.25) is 4.79 Å². The second-order valence-corrected chi connectivity index (χ2v) is 9.81. The largest absolute Gasteiger partial charge is 0.457 e. The average molecular weight is 490 g/mol. The number of piperidine rings is 1. The van der Waals surface area contributed by atoms with Gasteiger partial charge in [0.05, 0.1) is 5.41 Å². The number of para-hydroxylation sites is 1. The number of hydroxylamine groups is 2. The van der Waals surface area contributed by atoms with Gasteiger partial charge in [-0.25, -0.2) is 9.78 Å². The van der Waals surface area contributed by atoms with Crippen LogP contribution in [0.5, 0.6) is 23.1 Å². The van der Waals surface area contributed by atoms with Gasteiger partial charge in [-0.2, -0.15) is 0 Å². The topological polar surface area (TPSA) is 104 Å². The Bertz CT molecular complexity index is 1200. The molecule has 0 unspecified atom stereocenters. The Kier molecular flexibility index (Phi) is 7.55. The van der Waals surface area contributed by atoms with Crippen molar-refractivity contribution in [3.05, 3.63) is 78.0 Å². The molecule has 2 N–H and O–H groups in total. The second kappa shape index (κ2) is 10.8. The van der Waals surface area contributed by atoms with Crippen LogP contribution in [0, 0.1) is 5.41 Å². The lowest BCUT2D eigenvalue weighted by Crippen LogP contribution is -2.38. The van der Waals surface area contributed by atoms with E-state index in [0.717, 1.165) is 24.2 Å². The zero-order valence-electron chi connectivity index (χ0n) is 20.8.